The molecule has 5 nitrogen and oxygen atoms in total. The predicted octanol–water partition coefficient (Wildman–Crippen LogP) is 2.57. The van der Waals surface area contributed by atoms with Crippen LogP contribution in [0.2, 0.25) is 0 Å². The van der Waals surface area contributed by atoms with Crippen molar-refractivity contribution in [3.05, 3.63) is 35.4 Å². The van der Waals surface area contributed by atoms with Crippen molar-refractivity contribution in [3.63, 3.8) is 0 Å². The van der Waals surface area contributed by atoms with Gasteiger partial charge in [0.15, 0.2) is 15.8 Å². The highest BCUT2D eigenvalue weighted by Crippen LogP contribution is 2.24. The first-order valence-corrected chi connectivity index (χ1v) is 10.6. The second-order valence-electron chi connectivity index (χ2n) is 7.51. The summed E-state index contributed by atoms with van der Waals surface area (Å²) in [6, 6.07) is 8.51. The third kappa shape index (κ3) is 4.75. The number of sulfone groups is 1. The van der Waals surface area contributed by atoms with Crippen LogP contribution >= 0.6 is 0 Å². The van der Waals surface area contributed by atoms with Gasteiger partial charge in [0, 0.05) is 32.1 Å². The van der Waals surface area contributed by atoms with Crippen molar-refractivity contribution in [1.29, 1.82) is 0 Å². The summed E-state index contributed by atoms with van der Waals surface area (Å²) in [5, 5.41) is 3.32. The van der Waals surface area contributed by atoms with Gasteiger partial charge in [-0.05, 0) is 33.3 Å². The molecule has 1 unspecified atom stereocenters. The maximum absolute atomic E-state index is 12.2. The van der Waals surface area contributed by atoms with E-state index in [9.17, 15) is 8.42 Å². The average Bonchev–Trinajstić information content (AvgIpc) is 2.54. The first-order valence-electron chi connectivity index (χ1n) is 8.98. The van der Waals surface area contributed by atoms with Gasteiger partial charge in [0.1, 0.15) is 0 Å². The molecule has 1 saturated heterocycles. The van der Waals surface area contributed by atoms with Crippen molar-refractivity contribution in [2.45, 2.75) is 45.3 Å². The normalized spacial score (nSPS) is 21.0. The molecule has 1 aliphatic rings. The smallest absolute Gasteiger partial charge is 0.194 e. The third-order valence-corrected chi connectivity index (χ3v) is 7.34. The number of aryl methyl sites for hydroxylation is 1. The fraction of sp³-hybridized carbons (Fsp3) is 0.632. The molecule has 1 aromatic rings. The highest BCUT2D eigenvalue weighted by Gasteiger charge is 2.40. The van der Waals surface area contributed by atoms with E-state index in [1.54, 1.807) is 13.8 Å². The number of hydrogen-bond acceptors (Lipinski definition) is 3. The molecule has 2 rings (SSSR count). The maximum Gasteiger partial charge on any atom is 0.194 e. The zero-order chi connectivity index (χ0) is 18.7. The molecule has 0 saturated carbocycles. The Morgan fingerprint density at radius 1 is 1.40 bits per heavy atom. The number of benzene rings is 1. The molecule has 0 aliphatic carbocycles. The number of hydrogen-bond donors (Lipinski definition) is 1. The molecule has 1 aliphatic heterocycles. The van der Waals surface area contributed by atoms with Crippen LogP contribution in [0.25, 0.3) is 0 Å². The van der Waals surface area contributed by atoms with E-state index >= 15 is 0 Å². The highest BCUT2D eigenvalue weighted by atomic mass is 32.2. The van der Waals surface area contributed by atoms with E-state index in [2.05, 4.69) is 48.3 Å². The van der Waals surface area contributed by atoms with E-state index in [1.807, 2.05) is 6.92 Å². The van der Waals surface area contributed by atoms with Crippen LogP contribution < -0.4 is 5.32 Å². The third-order valence-electron chi connectivity index (χ3n) is 4.80. The molecule has 1 atom stereocenters. The molecule has 0 bridgehead atoms. The van der Waals surface area contributed by atoms with Crippen LogP contribution in [-0.2, 0) is 9.84 Å². The number of rotatable bonds is 4. The Labute approximate surface area is 152 Å². The maximum atomic E-state index is 12.2. The second kappa shape index (κ2) is 7.77. The van der Waals surface area contributed by atoms with E-state index in [1.165, 1.54) is 11.1 Å². The summed E-state index contributed by atoms with van der Waals surface area (Å²) < 4.78 is 23.7. The summed E-state index contributed by atoms with van der Waals surface area (Å²) in [5.74, 6) is 1.30. The molecule has 1 fully saturated rings. The van der Waals surface area contributed by atoms with E-state index in [4.69, 9.17) is 4.99 Å². The lowest BCUT2D eigenvalue weighted by molar-refractivity contribution is 0.353. The number of aliphatic imine (C=N–C) groups is 1. The predicted molar refractivity (Wildman–Crippen MR) is 105 cm³/mol. The van der Waals surface area contributed by atoms with Gasteiger partial charge in [-0.15, -0.1) is 0 Å². The van der Waals surface area contributed by atoms with Gasteiger partial charge in [-0.3, -0.25) is 4.99 Å². The fourth-order valence-electron chi connectivity index (χ4n) is 3.06. The van der Waals surface area contributed by atoms with Gasteiger partial charge in [-0.1, -0.05) is 36.8 Å². The summed E-state index contributed by atoms with van der Waals surface area (Å²) in [4.78, 5) is 6.87. The summed E-state index contributed by atoms with van der Waals surface area (Å²) in [7, 11) is -3.05. The molecule has 140 valence electrons. The average molecular weight is 366 g/mol. The van der Waals surface area contributed by atoms with E-state index in [0.29, 0.717) is 25.6 Å². The van der Waals surface area contributed by atoms with E-state index in [-0.39, 0.29) is 5.75 Å². The minimum absolute atomic E-state index is 0.178. The van der Waals surface area contributed by atoms with Crippen LogP contribution in [0.3, 0.4) is 0 Å². The summed E-state index contributed by atoms with van der Waals surface area (Å²) >= 11 is 0. The molecular weight excluding hydrogens is 334 g/mol. The quantitative estimate of drug-likeness (QED) is 0.658. The Morgan fingerprint density at radius 2 is 2.12 bits per heavy atom. The van der Waals surface area contributed by atoms with Gasteiger partial charge in [0.25, 0.3) is 0 Å². The number of nitrogens with one attached hydrogen (secondary N) is 1. The van der Waals surface area contributed by atoms with E-state index < -0.39 is 14.6 Å². The topological polar surface area (TPSA) is 61.8 Å². The van der Waals surface area contributed by atoms with Gasteiger partial charge in [-0.2, -0.15) is 0 Å². The van der Waals surface area contributed by atoms with E-state index in [0.717, 1.165) is 12.5 Å². The Bertz CT molecular complexity index is 726. The number of nitrogens with zero attached hydrogens (tertiary/aromatic N) is 2. The summed E-state index contributed by atoms with van der Waals surface area (Å²) in [6.45, 7) is 12.3. The van der Waals surface area contributed by atoms with Gasteiger partial charge >= 0.3 is 0 Å². The van der Waals surface area contributed by atoms with Crippen LogP contribution in [0, 0.1) is 6.92 Å². The van der Waals surface area contributed by atoms with Crippen molar-refractivity contribution < 1.29 is 8.42 Å². The zero-order valence-electron chi connectivity index (χ0n) is 16.0. The Hall–Kier alpha value is -1.56. The molecule has 1 N–H and O–H groups in total. The van der Waals surface area contributed by atoms with Crippen LogP contribution in [0.15, 0.2) is 29.3 Å². The largest absolute Gasteiger partial charge is 0.357 e. The molecule has 0 radical (unpaired) electrons. The lowest BCUT2D eigenvalue weighted by atomic mass is 10.00. The monoisotopic (exact) mass is 365 g/mol. The molecule has 1 heterocycles. The van der Waals surface area contributed by atoms with Crippen molar-refractivity contribution in [1.82, 2.24) is 10.2 Å². The molecule has 6 heteroatoms. The molecule has 1 aromatic carbocycles. The van der Waals surface area contributed by atoms with Gasteiger partial charge < -0.3 is 10.2 Å². The summed E-state index contributed by atoms with van der Waals surface area (Å²) in [6.07, 6.45) is 0. The van der Waals surface area contributed by atoms with Crippen LogP contribution in [0.1, 0.15) is 44.7 Å². The minimum atomic E-state index is -3.05. The molecule has 25 heavy (non-hydrogen) atoms. The minimum Gasteiger partial charge on any atom is -0.357 e. The standard InChI is InChI=1S/C19H31N3O2S/c1-6-20-18(22-10-11-25(23,24)19(4,5)14-22)21-13-16(3)17-9-7-8-15(2)12-17/h7-9,12,16H,6,10-11,13-14H2,1-5H3,(H,20,21). The number of guanidine groups is 1. The fourth-order valence-corrected chi connectivity index (χ4v) is 4.42. The van der Waals surface area contributed by atoms with Gasteiger partial charge in [0.2, 0.25) is 0 Å². The lowest BCUT2D eigenvalue weighted by Crippen LogP contribution is -2.57. The molecule has 0 amide bonds. The Kier molecular flexibility index (Phi) is 6.14. The Balaban J connectivity index is 2.13. The first kappa shape index (κ1) is 19.8. The molecule has 0 aromatic heterocycles. The SMILES string of the molecule is CCNC(=NCC(C)c1cccc(C)c1)N1CCS(=O)(=O)C(C)(C)C1. The van der Waals surface area contributed by atoms with Crippen LogP contribution in [0.5, 0.6) is 0 Å². The second-order valence-corrected chi connectivity index (χ2v) is 10.3. The lowest BCUT2D eigenvalue weighted by Gasteiger charge is -2.39. The highest BCUT2D eigenvalue weighted by molar-refractivity contribution is 7.92. The molecular formula is C19H31N3O2S. The molecule has 0 spiro atoms. The van der Waals surface area contributed by atoms with Gasteiger partial charge in [-0.25, -0.2) is 8.42 Å². The zero-order valence-corrected chi connectivity index (χ0v) is 16.9. The Morgan fingerprint density at radius 3 is 2.72 bits per heavy atom. The van der Waals surface area contributed by atoms with Crippen molar-refractivity contribution >= 4 is 15.8 Å². The first-order chi connectivity index (χ1) is 11.7. The summed E-state index contributed by atoms with van der Waals surface area (Å²) in [5.41, 5.74) is 2.53. The van der Waals surface area contributed by atoms with Crippen molar-refractivity contribution in [2.75, 3.05) is 31.9 Å². The van der Waals surface area contributed by atoms with Crippen LogP contribution in [-0.4, -0.2) is 56.0 Å². The van der Waals surface area contributed by atoms with Crippen LogP contribution in [0.4, 0.5) is 0 Å². The van der Waals surface area contributed by atoms with Gasteiger partial charge in [0.05, 0.1) is 10.5 Å². The van der Waals surface area contributed by atoms with Crippen molar-refractivity contribution in [2.24, 2.45) is 4.99 Å². The van der Waals surface area contributed by atoms with Crippen molar-refractivity contribution in [3.8, 4) is 0 Å².